The maximum Gasteiger partial charge on any atom is 0.252 e. The lowest BCUT2D eigenvalue weighted by atomic mass is 10.2. The SMILES string of the molecule is O=C(NCc1csc(Br)c1)c1ccccc1Br. The number of thiophene rings is 1. The Bertz CT molecular complexity index is 539. The van der Waals surface area contributed by atoms with Crippen molar-refractivity contribution < 1.29 is 4.79 Å². The van der Waals surface area contributed by atoms with E-state index in [1.165, 1.54) is 0 Å². The molecule has 88 valence electrons. The van der Waals surface area contributed by atoms with Crippen molar-refractivity contribution in [3.8, 4) is 0 Å². The van der Waals surface area contributed by atoms with Gasteiger partial charge in [0.25, 0.3) is 5.91 Å². The minimum Gasteiger partial charge on any atom is -0.348 e. The number of amides is 1. The Morgan fingerprint density at radius 2 is 2.06 bits per heavy atom. The molecule has 17 heavy (non-hydrogen) atoms. The molecular formula is C12H9Br2NOS. The van der Waals surface area contributed by atoms with E-state index in [1.807, 2.05) is 29.6 Å². The highest BCUT2D eigenvalue weighted by atomic mass is 79.9. The van der Waals surface area contributed by atoms with Gasteiger partial charge in [0.15, 0.2) is 0 Å². The Morgan fingerprint density at radius 1 is 1.29 bits per heavy atom. The highest BCUT2D eigenvalue weighted by molar-refractivity contribution is 9.11. The van der Waals surface area contributed by atoms with Gasteiger partial charge in [0.2, 0.25) is 0 Å². The smallest absolute Gasteiger partial charge is 0.252 e. The average molecular weight is 375 g/mol. The molecule has 2 nitrogen and oxygen atoms in total. The quantitative estimate of drug-likeness (QED) is 0.856. The maximum atomic E-state index is 11.9. The van der Waals surface area contributed by atoms with Crippen molar-refractivity contribution in [2.24, 2.45) is 0 Å². The molecule has 1 amide bonds. The number of nitrogens with one attached hydrogen (secondary N) is 1. The Hall–Kier alpha value is -0.650. The molecule has 0 saturated carbocycles. The fraction of sp³-hybridized carbons (Fsp3) is 0.0833. The first-order chi connectivity index (χ1) is 8.16. The van der Waals surface area contributed by atoms with Gasteiger partial charge in [-0.2, -0.15) is 0 Å². The van der Waals surface area contributed by atoms with Gasteiger partial charge in [-0.25, -0.2) is 0 Å². The van der Waals surface area contributed by atoms with E-state index in [-0.39, 0.29) is 5.91 Å². The molecule has 0 bridgehead atoms. The van der Waals surface area contributed by atoms with E-state index in [9.17, 15) is 4.79 Å². The molecule has 1 aromatic carbocycles. The Morgan fingerprint density at radius 3 is 2.71 bits per heavy atom. The normalized spacial score (nSPS) is 10.2. The van der Waals surface area contributed by atoms with Crippen molar-refractivity contribution in [2.45, 2.75) is 6.54 Å². The van der Waals surface area contributed by atoms with Crippen LogP contribution in [-0.2, 0) is 6.54 Å². The predicted molar refractivity (Wildman–Crippen MR) is 77.3 cm³/mol. The summed E-state index contributed by atoms with van der Waals surface area (Å²) < 4.78 is 1.88. The molecule has 0 aliphatic carbocycles. The Labute approximate surface area is 120 Å². The molecule has 5 heteroatoms. The van der Waals surface area contributed by atoms with Crippen molar-refractivity contribution in [1.82, 2.24) is 5.32 Å². The number of hydrogen-bond acceptors (Lipinski definition) is 2. The van der Waals surface area contributed by atoms with Crippen LogP contribution in [-0.4, -0.2) is 5.91 Å². The minimum absolute atomic E-state index is 0.0696. The van der Waals surface area contributed by atoms with Crippen LogP contribution in [0, 0.1) is 0 Å². The number of hydrogen-bond donors (Lipinski definition) is 1. The second-order valence-electron chi connectivity index (χ2n) is 3.42. The van der Waals surface area contributed by atoms with Crippen LogP contribution < -0.4 is 5.32 Å². The zero-order valence-corrected chi connectivity index (χ0v) is 12.7. The van der Waals surface area contributed by atoms with Gasteiger partial charge in [-0.3, -0.25) is 4.79 Å². The summed E-state index contributed by atoms with van der Waals surface area (Å²) in [4.78, 5) is 11.9. The molecular weight excluding hydrogens is 366 g/mol. The molecule has 2 aromatic rings. The van der Waals surface area contributed by atoms with Gasteiger partial charge in [0, 0.05) is 11.0 Å². The summed E-state index contributed by atoms with van der Waals surface area (Å²) in [5.41, 5.74) is 1.75. The summed E-state index contributed by atoms with van der Waals surface area (Å²) in [5.74, 6) is -0.0696. The number of halogens is 2. The standard InChI is InChI=1S/C12H9Br2NOS/c13-10-4-2-1-3-9(10)12(16)15-6-8-5-11(14)17-7-8/h1-5,7H,6H2,(H,15,16). The van der Waals surface area contributed by atoms with Crippen LogP contribution in [0.2, 0.25) is 0 Å². The van der Waals surface area contributed by atoms with Crippen LogP contribution in [0.5, 0.6) is 0 Å². The van der Waals surface area contributed by atoms with Crippen molar-refractivity contribution >= 4 is 49.1 Å². The second kappa shape index (κ2) is 5.80. The summed E-state index contributed by atoms with van der Waals surface area (Å²) in [5, 5.41) is 4.90. The first-order valence-electron chi connectivity index (χ1n) is 4.92. The zero-order valence-electron chi connectivity index (χ0n) is 8.74. The highest BCUT2D eigenvalue weighted by Crippen LogP contribution is 2.21. The van der Waals surface area contributed by atoms with E-state index in [4.69, 9.17) is 0 Å². The van der Waals surface area contributed by atoms with Gasteiger partial charge in [0.1, 0.15) is 0 Å². The molecule has 0 aliphatic rings. The van der Waals surface area contributed by atoms with E-state index in [0.717, 1.165) is 13.8 Å². The number of carbonyl (C=O) groups is 1. The lowest BCUT2D eigenvalue weighted by Gasteiger charge is -2.05. The summed E-state index contributed by atoms with van der Waals surface area (Å²) >= 11 is 8.37. The first kappa shape index (κ1) is 12.8. The van der Waals surface area contributed by atoms with Crippen LogP contribution in [0.4, 0.5) is 0 Å². The molecule has 2 rings (SSSR count). The first-order valence-corrected chi connectivity index (χ1v) is 7.39. The summed E-state index contributed by atoms with van der Waals surface area (Å²) in [7, 11) is 0. The molecule has 0 saturated heterocycles. The zero-order chi connectivity index (χ0) is 12.3. The van der Waals surface area contributed by atoms with Crippen LogP contribution in [0.15, 0.2) is 44.0 Å². The third-order valence-electron chi connectivity index (χ3n) is 2.19. The Kier molecular flexibility index (Phi) is 4.36. The maximum absolute atomic E-state index is 11.9. The monoisotopic (exact) mass is 373 g/mol. The van der Waals surface area contributed by atoms with Crippen molar-refractivity contribution in [3.63, 3.8) is 0 Å². The van der Waals surface area contributed by atoms with E-state index >= 15 is 0 Å². The lowest BCUT2D eigenvalue weighted by Crippen LogP contribution is -2.22. The van der Waals surface area contributed by atoms with Crippen LogP contribution in [0.25, 0.3) is 0 Å². The lowest BCUT2D eigenvalue weighted by molar-refractivity contribution is 0.0950. The topological polar surface area (TPSA) is 29.1 Å². The highest BCUT2D eigenvalue weighted by Gasteiger charge is 2.08. The summed E-state index contributed by atoms with van der Waals surface area (Å²) in [6, 6.07) is 9.39. The second-order valence-corrected chi connectivity index (χ2v) is 6.57. The fourth-order valence-corrected chi connectivity index (χ4v) is 3.04. The molecule has 0 aliphatic heterocycles. The van der Waals surface area contributed by atoms with Crippen molar-refractivity contribution in [3.05, 3.63) is 55.1 Å². The number of rotatable bonds is 3. The van der Waals surface area contributed by atoms with Crippen molar-refractivity contribution in [2.75, 3.05) is 0 Å². The predicted octanol–water partition coefficient (Wildman–Crippen LogP) is 4.20. The van der Waals surface area contributed by atoms with Crippen LogP contribution in [0.1, 0.15) is 15.9 Å². The molecule has 1 heterocycles. The van der Waals surface area contributed by atoms with Gasteiger partial charge in [-0.05, 0) is 61.0 Å². The van der Waals surface area contributed by atoms with Crippen LogP contribution in [0.3, 0.4) is 0 Å². The average Bonchev–Trinajstić information content (AvgIpc) is 2.73. The van der Waals surface area contributed by atoms with Crippen molar-refractivity contribution in [1.29, 1.82) is 0 Å². The van der Waals surface area contributed by atoms with Gasteiger partial charge >= 0.3 is 0 Å². The van der Waals surface area contributed by atoms with Gasteiger partial charge in [-0.1, -0.05) is 12.1 Å². The Balaban J connectivity index is 2.01. The molecule has 0 fully saturated rings. The molecule has 0 unspecified atom stereocenters. The molecule has 1 aromatic heterocycles. The largest absolute Gasteiger partial charge is 0.348 e. The summed E-state index contributed by atoms with van der Waals surface area (Å²) in [6.45, 7) is 0.544. The van der Waals surface area contributed by atoms with E-state index in [2.05, 4.69) is 37.2 Å². The van der Waals surface area contributed by atoms with E-state index < -0.39 is 0 Å². The minimum atomic E-state index is -0.0696. The third-order valence-corrected chi connectivity index (χ3v) is 4.44. The van der Waals surface area contributed by atoms with E-state index in [0.29, 0.717) is 12.1 Å². The fourth-order valence-electron chi connectivity index (χ4n) is 1.36. The molecule has 0 radical (unpaired) electrons. The number of carbonyl (C=O) groups excluding carboxylic acids is 1. The van der Waals surface area contributed by atoms with Crippen LogP contribution >= 0.6 is 43.2 Å². The third kappa shape index (κ3) is 3.40. The summed E-state index contributed by atoms with van der Waals surface area (Å²) in [6.07, 6.45) is 0. The number of benzene rings is 1. The molecule has 1 N–H and O–H groups in total. The van der Waals surface area contributed by atoms with E-state index in [1.54, 1.807) is 17.4 Å². The molecule has 0 atom stereocenters. The van der Waals surface area contributed by atoms with Gasteiger partial charge in [0.05, 0.1) is 9.35 Å². The van der Waals surface area contributed by atoms with Gasteiger partial charge in [-0.15, -0.1) is 11.3 Å². The molecule has 0 spiro atoms. The van der Waals surface area contributed by atoms with Gasteiger partial charge < -0.3 is 5.32 Å².